The molecule has 2 atom stereocenters. The van der Waals surface area contributed by atoms with Crippen molar-refractivity contribution in [3.63, 3.8) is 0 Å². The summed E-state index contributed by atoms with van der Waals surface area (Å²) < 4.78 is 0. The van der Waals surface area contributed by atoms with Gasteiger partial charge in [-0.15, -0.1) is 10.2 Å². The normalized spacial score (nSPS) is 17.3. The number of carboxylic acids is 1. The van der Waals surface area contributed by atoms with Crippen molar-refractivity contribution in [2.45, 2.75) is 31.5 Å². The van der Waals surface area contributed by atoms with E-state index in [1.807, 2.05) is 0 Å². The van der Waals surface area contributed by atoms with E-state index in [4.69, 9.17) is 5.11 Å². The van der Waals surface area contributed by atoms with Crippen molar-refractivity contribution in [3.8, 4) is 0 Å². The lowest BCUT2D eigenvalue weighted by Gasteiger charge is -2.24. The van der Waals surface area contributed by atoms with Gasteiger partial charge in [-0.25, -0.2) is 9.69 Å². The van der Waals surface area contributed by atoms with Crippen LogP contribution in [0.3, 0.4) is 0 Å². The fourth-order valence-electron chi connectivity index (χ4n) is 2.30. The predicted octanol–water partition coefficient (Wildman–Crippen LogP) is -3.28. The van der Waals surface area contributed by atoms with Crippen molar-refractivity contribution in [2.75, 3.05) is 6.54 Å². The molecule has 26 heavy (non-hydrogen) atoms. The molecule has 0 spiro atoms. The molecule has 1 fully saturated rings. The Morgan fingerprint density at radius 1 is 1.42 bits per heavy atom. The lowest BCUT2D eigenvalue weighted by atomic mass is 10.1. The summed E-state index contributed by atoms with van der Waals surface area (Å²) >= 11 is 0. The molecule has 5 amide bonds. The fourth-order valence-corrected chi connectivity index (χ4v) is 2.30. The second-order valence-electron chi connectivity index (χ2n) is 5.23. The van der Waals surface area contributed by atoms with Crippen LogP contribution >= 0.6 is 0 Å². The van der Waals surface area contributed by atoms with Gasteiger partial charge in [0, 0.05) is 13.0 Å². The third kappa shape index (κ3) is 4.49. The molecule has 0 aromatic carbocycles. The molecule has 140 valence electrons. The maximum atomic E-state index is 12.5. The quantitative estimate of drug-likeness (QED) is 0.277. The lowest BCUT2D eigenvalue weighted by molar-refractivity contribution is -0.140. The number of tetrazole rings is 1. The first-order chi connectivity index (χ1) is 12.4. The number of urea groups is 1. The van der Waals surface area contributed by atoms with Crippen LogP contribution in [0.25, 0.3) is 0 Å². The van der Waals surface area contributed by atoms with Crippen LogP contribution in [0, 0.1) is 0 Å². The number of hydrogen-bond acceptors (Lipinski definition) is 8. The van der Waals surface area contributed by atoms with Crippen LogP contribution in [-0.4, -0.2) is 79.5 Å². The second kappa shape index (κ2) is 8.50. The summed E-state index contributed by atoms with van der Waals surface area (Å²) in [4.78, 5) is 58.8. The minimum absolute atomic E-state index is 0.0723. The minimum atomic E-state index is -1.25. The van der Waals surface area contributed by atoms with E-state index in [9.17, 15) is 24.0 Å². The Hall–Kier alpha value is -3.58. The van der Waals surface area contributed by atoms with Gasteiger partial charge >= 0.3 is 12.0 Å². The minimum Gasteiger partial charge on any atom is -0.481 e. The van der Waals surface area contributed by atoms with Gasteiger partial charge in [-0.1, -0.05) is 5.21 Å². The zero-order valence-corrected chi connectivity index (χ0v) is 13.3. The summed E-state index contributed by atoms with van der Waals surface area (Å²) in [5.41, 5.74) is 0. The van der Waals surface area contributed by atoms with E-state index in [2.05, 4.69) is 36.6 Å². The van der Waals surface area contributed by atoms with E-state index in [1.165, 1.54) is 0 Å². The molecule has 0 radical (unpaired) electrons. The number of carbonyl (C=O) groups is 5. The van der Waals surface area contributed by atoms with E-state index >= 15 is 0 Å². The molecule has 5 N–H and O–H groups in total. The highest BCUT2D eigenvalue weighted by molar-refractivity contribution is 6.04. The summed E-state index contributed by atoms with van der Waals surface area (Å²) in [7, 11) is 0. The van der Waals surface area contributed by atoms with Crippen LogP contribution in [0.5, 0.6) is 0 Å². The number of aromatic nitrogens is 4. The number of aliphatic carboxylic acids is 1. The molecule has 0 saturated carbocycles. The van der Waals surface area contributed by atoms with Gasteiger partial charge in [-0.2, -0.15) is 5.21 Å². The third-order valence-electron chi connectivity index (χ3n) is 3.54. The van der Waals surface area contributed by atoms with Gasteiger partial charge in [0.15, 0.2) is 5.82 Å². The third-order valence-corrected chi connectivity index (χ3v) is 3.54. The Balaban J connectivity index is 2.05. The van der Waals surface area contributed by atoms with Crippen LogP contribution < -0.4 is 16.0 Å². The van der Waals surface area contributed by atoms with Crippen LogP contribution in [-0.2, 0) is 25.7 Å². The zero-order chi connectivity index (χ0) is 19.1. The number of rotatable bonds is 9. The first kappa shape index (κ1) is 18.8. The smallest absolute Gasteiger partial charge is 0.325 e. The van der Waals surface area contributed by atoms with Crippen molar-refractivity contribution in [3.05, 3.63) is 5.82 Å². The van der Waals surface area contributed by atoms with Gasteiger partial charge in [0.2, 0.25) is 12.3 Å². The number of amides is 5. The van der Waals surface area contributed by atoms with Crippen LogP contribution in [0.1, 0.15) is 18.7 Å². The molecule has 14 heteroatoms. The number of carboxylic acid groups (broad SMARTS) is 1. The average Bonchev–Trinajstić information content (AvgIpc) is 3.25. The molecule has 14 nitrogen and oxygen atoms in total. The molecule has 0 aliphatic carbocycles. The van der Waals surface area contributed by atoms with Crippen molar-refractivity contribution in [1.82, 2.24) is 41.5 Å². The topological polar surface area (TPSA) is 199 Å². The fraction of sp³-hybridized carbons (Fsp3) is 0.500. The van der Waals surface area contributed by atoms with Crippen molar-refractivity contribution < 1.29 is 29.1 Å². The summed E-state index contributed by atoms with van der Waals surface area (Å²) in [6.45, 7) is -0.202. The van der Waals surface area contributed by atoms with E-state index in [0.29, 0.717) is 4.90 Å². The second-order valence-corrected chi connectivity index (χ2v) is 5.23. The predicted molar refractivity (Wildman–Crippen MR) is 79.9 cm³/mol. The Morgan fingerprint density at radius 3 is 2.81 bits per heavy atom. The Kier molecular flexibility index (Phi) is 6.13. The largest absolute Gasteiger partial charge is 0.481 e. The Morgan fingerprint density at radius 2 is 2.19 bits per heavy atom. The van der Waals surface area contributed by atoms with Crippen LogP contribution in [0.4, 0.5) is 4.79 Å². The standard InChI is InChI=1S/C12H16N8O6/c21-5-15-6(1-2-9(22)23)11(25)20-7(3-14-12(20)26)10(24)13-4-8-16-18-19-17-8/h5-7H,1-4H2,(H,13,24)(H,14,26)(H,15,21)(H,22,23)(H,16,17,18,19)/t6-,7-/m0/s1. The van der Waals surface area contributed by atoms with Crippen molar-refractivity contribution >= 4 is 30.2 Å². The molecule has 1 saturated heterocycles. The number of nitrogens with zero attached hydrogens (tertiary/aromatic N) is 4. The van der Waals surface area contributed by atoms with Gasteiger partial charge in [-0.05, 0) is 6.42 Å². The van der Waals surface area contributed by atoms with Crippen molar-refractivity contribution in [2.24, 2.45) is 0 Å². The summed E-state index contributed by atoms with van der Waals surface area (Å²) in [5, 5.41) is 28.5. The van der Waals surface area contributed by atoms with Crippen LogP contribution in [0.2, 0.25) is 0 Å². The highest BCUT2D eigenvalue weighted by Crippen LogP contribution is 2.12. The van der Waals surface area contributed by atoms with E-state index in [-0.39, 0.29) is 31.7 Å². The molecular formula is C12H16N8O6. The number of H-pyrrole nitrogens is 1. The molecule has 0 unspecified atom stereocenters. The van der Waals surface area contributed by atoms with E-state index < -0.39 is 42.3 Å². The molecular weight excluding hydrogens is 352 g/mol. The highest BCUT2D eigenvalue weighted by atomic mass is 16.4. The zero-order valence-electron chi connectivity index (χ0n) is 13.3. The summed E-state index contributed by atoms with van der Waals surface area (Å²) in [6.07, 6.45) is -0.404. The summed E-state index contributed by atoms with van der Waals surface area (Å²) in [6, 6.07) is -3.23. The highest BCUT2D eigenvalue weighted by Gasteiger charge is 2.42. The number of hydrogen-bond donors (Lipinski definition) is 5. The molecule has 1 aromatic heterocycles. The first-order valence-corrected chi connectivity index (χ1v) is 7.46. The molecule has 2 rings (SSSR count). The van der Waals surface area contributed by atoms with E-state index in [1.54, 1.807) is 0 Å². The maximum Gasteiger partial charge on any atom is 0.325 e. The SMILES string of the molecule is O=CN[C@@H](CCC(=O)O)C(=O)N1C(=O)NC[C@H]1C(=O)NCc1nn[nH]n1. The Labute approximate surface area is 145 Å². The number of nitrogens with one attached hydrogen (secondary N) is 4. The van der Waals surface area contributed by atoms with Gasteiger partial charge in [-0.3, -0.25) is 19.2 Å². The van der Waals surface area contributed by atoms with Gasteiger partial charge in [0.1, 0.15) is 12.1 Å². The lowest BCUT2D eigenvalue weighted by Crippen LogP contribution is -2.54. The van der Waals surface area contributed by atoms with E-state index in [0.717, 1.165) is 0 Å². The molecule has 0 bridgehead atoms. The van der Waals surface area contributed by atoms with Gasteiger partial charge < -0.3 is 21.1 Å². The monoisotopic (exact) mass is 368 g/mol. The average molecular weight is 368 g/mol. The number of aromatic amines is 1. The van der Waals surface area contributed by atoms with Gasteiger partial charge in [0.25, 0.3) is 5.91 Å². The van der Waals surface area contributed by atoms with Crippen molar-refractivity contribution in [1.29, 1.82) is 0 Å². The van der Waals surface area contributed by atoms with Crippen LogP contribution in [0.15, 0.2) is 0 Å². The molecule has 2 heterocycles. The Bertz CT molecular complexity index is 692. The molecule has 1 aliphatic rings. The first-order valence-electron chi connectivity index (χ1n) is 7.46. The maximum absolute atomic E-state index is 12.5. The molecule has 1 aliphatic heterocycles. The van der Waals surface area contributed by atoms with Gasteiger partial charge in [0.05, 0.1) is 6.54 Å². The number of imide groups is 1. The summed E-state index contributed by atoms with van der Waals surface area (Å²) in [5.74, 6) is -2.50. The number of carbonyl (C=O) groups excluding carboxylic acids is 4. The molecule has 1 aromatic rings.